The molecule has 1 rings (SSSR count). The maximum atomic E-state index is 12.0. The molecule has 1 aliphatic heterocycles. The first kappa shape index (κ1) is 14.8. The van der Waals surface area contributed by atoms with Gasteiger partial charge in [0.15, 0.2) is 0 Å². The second-order valence-electron chi connectivity index (χ2n) is 5.96. The molecule has 1 fully saturated rings. The smallest absolute Gasteiger partial charge is 0.410 e. The molecule has 0 aromatic heterocycles. The lowest BCUT2D eigenvalue weighted by Gasteiger charge is -2.43. The van der Waals surface area contributed by atoms with Crippen LogP contribution in [0.1, 0.15) is 34.6 Å². The first-order chi connectivity index (χ1) is 8.24. The van der Waals surface area contributed by atoms with Gasteiger partial charge in [-0.15, -0.1) is 6.42 Å². The Hall–Kier alpha value is -1.21. The average Bonchev–Trinajstić information content (AvgIpc) is 2.20. The van der Waals surface area contributed by atoms with Crippen LogP contribution < -0.4 is 0 Å². The van der Waals surface area contributed by atoms with Gasteiger partial charge in [0.25, 0.3) is 0 Å². The van der Waals surface area contributed by atoms with Gasteiger partial charge < -0.3 is 9.64 Å². The van der Waals surface area contributed by atoms with E-state index in [2.05, 4.69) is 24.7 Å². The predicted molar refractivity (Wildman–Crippen MR) is 72.3 cm³/mol. The molecule has 102 valence electrons. The van der Waals surface area contributed by atoms with E-state index in [9.17, 15) is 4.79 Å². The number of amides is 1. The van der Waals surface area contributed by atoms with E-state index in [4.69, 9.17) is 11.2 Å². The highest BCUT2D eigenvalue weighted by Crippen LogP contribution is 2.18. The van der Waals surface area contributed by atoms with Gasteiger partial charge in [0, 0.05) is 25.2 Å². The highest BCUT2D eigenvalue weighted by atomic mass is 16.6. The summed E-state index contributed by atoms with van der Waals surface area (Å²) < 4.78 is 5.40. The Morgan fingerprint density at radius 3 is 2.22 bits per heavy atom. The highest BCUT2D eigenvalue weighted by molar-refractivity contribution is 5.68. The summed E-state index contributed by atoms with van der Waals surface area (Å²) in [7, 11) is 0. The average molecular weight is 252 g/mol. The standard InChI is InChI=1S/C14H24N2O2/c1-7-8-16-11(2)9-15(10-12(16)3)13(17)18-14(4,5)6/h1,11-12H,8-10H2,2-6H3. The van der Waals surface area contributed by atoms with Crippen LogP contribution in [0.25, 0.3) is 0 Å². The lowest BCUT2D eigenvalue weighted by atomic mass is 10.1. The molecule has 4 nitrogen and oxygen atoms in total. The molecule has 0 aromatic carbocycles. The van der Waals surface area contributed by atoms with Crippen LogP contribution in [0.5, 0.6) is 0 Å². The van der Waals surface area contributed by atoms with Crippen molar-refractivity contribution in [3.63, 3.8) is 0 Å². The third-order valence-corrected chi connectivity index (χ3v) is 3.03. The van der Waals surface area contributed by atoms with Crippen LogP contribution in [0.4, 0.5) is 4.79 Å². The van der Waals surface area contributed by atoms with Crippen LogP contribution >= 0.6 is 0 Å². The molecule has 18 heavy (non-hydrogen) atoms. The fraction of sp³-hybridized carbons (Fsp3) is 0.786. The molecule has 1 aliphatic rings. The van der Waals surface area contributed by atoms with E-state index >= 15 is 0 Å². The zero-order chi connectivity index (χ0) is 13.9. The summed E-state index contributed by atoms with van der Waals surface area (Å²) in [5.41, 5.74) is -0.445. The number of hydrogen-bond acceptors (Lipinski definition) is 3. The van der Waals surface area contributed by atoms with Gasteiger partial charge in [0.2, 0.25) is 0 Å². The Bertz CT molecular complexity index is 329. The first-order valence-electron chi connectivity index (χ1n) is 6.41. The largest absolute Gasteiger partial charge is 0.444 e. The van der Waals surface area contributed by atoms with Gasteiger partial charge in [0.1, 0.15) is 5.60 Å². The summed E-state index contributed by atoms with van der Waals surface area (Å²) in [6.45, 7) is 11.8. The minimum atomic E-state index is -0.445. The summed E-state index contributed by atoms with van der Waals surface area (Å²) in [6, 6.07) is 0.523. The molecule has 1 heterocycles. The fourth-order valence-corrected chi connectivity index (χ4v) is 2.25. The second-order valence-corrected chi connectivity index (χ2v) is 5.96. The van der Waals surface area contributed by atoms with Gasteiger partial charge in [-0.2, -0.15) is 0 Å². The van der Waals surface area contributed by atoms with Gasteiger partial charge in [-0.25, -0.2) is 4.79 Å². The molecule has 0 N–H and O–H groups in total. The number of carbonyl (C=O) groups is 1. The van der Waals surface area contributed by atoms with Crippen molar-refractivity contribution in [3.8, 4) is 12.3 Å². The Morgan fingerprint density at radius 1 is 1.33 bits per heavy atom. The molecule has 1 amide bonds. The summed E-state index contributed by atoms with van der Waals surface area (Å²) >= 11 is 0. The van der Waals surface area contributed by atoms with Gasteiger partial charge in [-0.1, -0.05) is 5.92 Å². The fourth-order valence-electron chi connectivity index (χ4n) is 2.25. The Morgan fingerprint density at radius 2 is 1.83 bits per heavy atom. The third-order valence-electron chi connectivity index (χ3n) is 3.03. The van der Waals surface area contributed by atoms with Crippen LogP contribution in [0.3, 0.4) is 0 Å². The minimum absolute atomic E-state index is 0.235. The van der Waals surface area contributed by atoms with E-state index in [0.29, 0.717) is 19.6 Å². The van der Waals surface area contributed by atoms with Crippen LogP contribution in [0, 0.1) is 12.3 Å². The quantitative estimate of drug-likeness (QED) is 0.669. The van der Waals surface area contributed by atoms with Crippen LogP contribution in [-0.2, 0) is 4.74 Å². The molecule has 0 bridgehead atoms. The lowest BCUT2D eigenvalue weighted by molar-refractivity contribution is -0.00423. The molecule has 0 spiro atoms. The van der Waals surface area contributed by atoms with E-state index < -0.39 is 5.60 Å². The van der Waals surface area contributed by atoms with E-state index in [1.54, 1.807) is 4.90 Å². The molecule has 1 saturated heterocycles. The zero-order valence-electron chi connectivity index (χ0n) is 12.1. The van der Waals surface area contributed by atoms with Crippen molar-refractivity contribution in [2.75, 3.05) is 19.6 Å². The van der Waals surface area contributed by atoms with E-state index in [0.717, 1.165) is 0 Å². The van der Waals surface area contributed by atoms with Gasteiger partial charge in [-0.05, 0) is 34.6 Å². The maximum Gasteiger partial charge on any atom is 0.410 e. The Kier molecular flexibility index (Phi) is 4.64. The number of carbonyl (C=O) groups excluding carboxylic acids is 1. The molecule has 0 saturated carbocycles. The second kappa shape index (κ2) is 5.62. The number of rotatable bonds is 1. The third kappa shape index (κ3) is 3.92. The van der Waals surface area contributed by atoms with Crippen LogP contribution in [0.2, 0.25) is 0 Å². The molecule has 0 radical (unpaired) electrons. The van der Waals surface area contributed by atoms with E-state index in [1.807, 2.05) is 20.8 Å². The number of terminal acetylenes is 1. The van der Waals surface area contributed by atoms with Crippen LogP contribution in [-0.4, -0.2) is 53.2 Å². The topological polar surface area (TPSA) is 32.8 Å². The van der Waals surface area contributed by atoms with Crippen molar-refractivity contribution < 1.29 is 9.53 Å². The number of ether oxygens (including phenoxy) is 1. The van der Waals surface area contributed by atoms with Gasteiger partial charge >= 0.3 is 6.09 Å². The van der Waals surface area contributed by atoms with E-state index in [-0.39, 0.29) is 18.2 Å². The van der Waals surface area contributed by atoms with Crippen molar-refractivity contribution in [2.45, 2.75) is 52.3 Å². The number of hydrogen-bond donors (Lipinski definition) is 0. The summed E-state index contributed by atoms with van der Waals surface area (Å²) in [6.07, 6.45) is 5.13. The Labute approximate surface area is 110 Å². The predicted octanol–water partition coefficient (Wildman–Crippen LogP) is 1.95. The molecular formula is C14H24N2O2. The van der Waals surface area contributed by atoms with Crippen molar-refractivity contribution >= 4 is 6.09 Å². The molecule has 4 heteroatoms. The molecule has 0 aromatic rings. The molecular weight excluding hydrogens is 228 g/mol. The SMILES string of the molecule is C#CCN1C(C)CN(C(=O)OC(C)(C)C)CC1C. The monoisotopic (exact) mass is 252 g/mol. The zero-order valence-corrected chi connectivity index (χ0v) is 12.1. The molecule has 2 atom stereocenters. The van der Waals surface area contributed by atoms with Gasteiger partial charge in [0.05, 0.1) is 6.54 Å². The maximum absolute atomic E-state index is 12.0. The lowest BCUT2D eigenvalue weighted by Crippen LogP contribution is -2.58. The summed E-state index contributed by atoms with van der Waals surface area (Å²) in [5, 5.41) is 0. The van der Waals surface area contributed by atoms with E-state index in [1.165, 1.54) is 0 Å². The van der Waals surface area contributed by atoms with Crippen LogP contribution in [0.15, 0.2) is 0 Å². The highest BCUT2D eigenvalue weighted by Gasteiger charge is 2.33. The first-order valence-corrected chi connectivity index (χ1v) is 6.41. The number of nitrogens with zero attached hydrogens (tertiary/aromatic N) is 2. The number of piperazine rings is 1. The minimum Gasteiger partial charge on any atom is -0.444 e. The van der Waals surface area contributed by atoms with Crippen molar-refractivity contribution in [1.82, 2.24) is 9.80 Å². The molecule has 2 unspecified atom stereocenters. The normalized spacial score (nSPS) is 25.7. The van der Waals surface area contributed by atoms with Crippen molar-refractivity contribution in [2.24, 2.45) is 0 Å². The van der Waals surface area contributed by atoms with Gasteiger partial charge in [-0.3, -0.25) is 4.90 Å². The molecule has 0 aliphatic carbocycles. The summed E-state index contributed by atoms with van der Waals surface area (Å²) in [5.74, 6) is 2.67. The Balaban J connectivity index is 2.63. The van der Waals surface area contributed by atoms with Crippen molar-refractivity contribution in [3.05, 3.63) is 0 Å². The van der Waals surface area contributed by atoms with Crippen molar-refractivity contribution in [1.29, 1.82) is 0 Å². The summed E-state index contributed by atoms with van der Waals surface area (Å²) in [4.78, 5) is 16.0.